The molecule has 8 N–H and O–H groups in total. The molecular weight excluding hydrogens is 983 g/mol. The van der Waals surface area contributed by atoms with Gasteiger partial charge >= 0.3 is 69.2 Å². The maximum atomic E-state index is 12.7. The number of benzene rings is 3. The predicted molar refractivity (Wildman–Crippen MR) is 171 cm³/mol. The summed E-state index contributed by atoms with van der Waals surface area (Å²) < 4.78 is 281. The Balaban J connectivity index is 0.00000450. The van der Waals surface area contributed by atoms with E-state index in [2.05, 4.69) is 9.97 Å². The third-order valence-electron chi connectivity index (χ3n) is 7.05. The minimum Gasteiger partial charge on any atom is -0.744 e. The maximum Gasteiger partial charge on any atom is 1.00 e. The Labute approximate surface area is 368 Å². The van der Waals surface area contributed by atoms with Gasteiger partial charge in [0.15, 0.2) is 10.1 Å². The van der Waals surface area contributed by atoms with Gasteiger partial charge in [0.1, 0.15) is 50.5 Å². The number of imidazole rings is 2. The van der Waals surface area contributed by atoms with E-state index >= 15 is 0 Å². The number of aromatic amines is 2. The van der Waals surface area contributed by atoms with Crippen molar-refractivity contribution in [3.8, 4) is 22.3 Å². The zero-order valence-corrected chi connectivity index (χ0v) is 38.0. The van der Waals surface area contributed by atoms with Gasteiger partial charge in [0.05, 0.1) is 11.0 Å². The first-order valence-corrected chi connectivity index (χ1v) is 24.4. The third kappa shape index (κ3) is 9.21. The van der Waals surface area contributed by atoms with Crippen molar-refractivity contribution in [3.63, 3.8) is 0 Å². The molecule has 38 heteroatoms. The SMILES string of the molecule is O=S(=O)([O-])c1nc2c(-c3ccc(-c4c(S(=O)(=O)O)c(S(=O)(=O)O)c(S(=O)(=O)O)c5[nH]c(S(=O)(=O)O)nc45)cc3)c(S(=O)(=O)O)c(S(=O)(=O)O)c(S(=O)(=O)[O-])c2[nH]1.[Na+].[Na+]. The van der Waals surface area contributed by atoms with Gasteiger partial charge in [-0.25, -0.2) is 26.8 Å². The van der Waals surface area contributed by atoms with Crippen LogP contribution in [0.3, 0.4) is 0 Å². The maximum absolute atomic E-state index is 12.7. The molecule has 5 aromatic rings. The number of H-pyrrole nitrogens is 2. The fraction of sp³-hybridized carbons (Fsp3) is 0. The molecule has 0 aliphatic heterocycles. The van der Waals surface area contributed by atoms with Crippen LogP contribution in [0, 0.1) is 0 Å². The minimum atomic E-state index is -6.39. The van der Waals surface area contributed by atoms with E-state index in [4.69, 9.17) is 0 Å². The summed E-state index contributed by atoms with van der Waals surface area (Å²) >= 11 is 0. The molecule has 0 unspecified atom stereocenters. The second-order valence-corrected chi connectivity index (χ2v) is 21.3. The fourth-order valence-corrected chi connectivity index (χ4v) is 13.2. The quantitative estimate of drug-likeness (QED) is 0.0476. The Kier molecular flexibility index (Phi) is 13.3. The normalized spacial score (nSPS) is 13.7. The van der Waals surface area contributed by atoms with E-state index in [1.807, 2.05) is 0 Å². The van der Waals surface area contributed by atoms with E-state index in [1.165, 1.54) is 4.98 Å². The van der Waals surface area contributed by atoms with Gasteiger partial charge in [-0.3, -0.25) is 27.3 Å². The molecule has 0 radical (unpaired) electrons. The molecule has 28 nitrogen and oxygen atoms in total. The Morgan fingerprint density at radius 1 is 0.397 bits per heavy atom. The molecule has 0 aliphatic carbocycles. The van der Waals surface area contributed by atoms with Crippen LogP contribution in [0.4, 0.5) is 0 Å². The van der Waals surface area contributed by atoms with Gasteiger partial charge in [-0.15, -0.1) is 0 Å². The van der Waals surface area contributed by atoms with Gasteiger partial charge in [0.2, 0.25) is 5.16 Å². The first kappa shape index (κ1) is 50.2. The van der Waals surface area contributed by atoms with E-state index in [9.17, 15) is 104 Å². The average Bonchev–Trinajstić information content (AvgIpc) is 3.61. The van der Waals surface area contributed by atoms with E-state index in [0.29, 0.717) is 24.3 Å². The summed E-state index contributed by atoms with van der Waals surface area (Å²) in [6.07, 6.45) is 0. The van der Waals surface area contributed by atoms with Crippen LogP contribution in [0.1, 0.15) is 0 Å². The van der Waals surface area contributed by atoms with Crippen LogP contribution in [0.5, 0.6) is 0 Å². The zero-order valence-electron chi connectivity index (χ0n) is 27.5. The molecule has 58 heavy (non-hydrogen) atoms. The van der Waals surface area contributed by atoms with Gasteiger partial charge in [0, 0.05) is 11.1 Å². The largest absolute Gasteiger partial charge is 1.00 e. The van der Waals surface area contributed by atoms with Gasteiger partial charge in [0.25, 0.3) is 55.7 Å². The summed E-state index contributed by atoms with van der Waals surface area (Å²) in [5, 5.41) is -3.52. The Bertz CT molecular complexity index is 3310. The molecule has 306 valence electrons. The van der Waals surface area contributed by atoms with Crippen molar-refractivity contribution in [2.45, 2.75) is 39.7 Å². The monoisotopic (exact) mass is 994 g/mol. The van der Waals surface area contributed by atoms with Crippen LogP contribution < -0.4 is 59.1 Å². The summed E-state index contributed by atoms with van der Waals surface area (Å²) in [6.45, 7) is 0. The molecule has 0 saturated carbocycles. The van der Waals surface area contributed by atoms with E-state index < -0.39 is 165 Å². The summed E-state index contributed by atoms with van der Waals surface area (Å²) in [7, 11) is -49.1. The fourth-order valence-electron chi connectivity index (χ4n) is 5.29. The standard InChI is InChI=1S/C20H14N4O24S8.2Na/c25-49(26,27)13-7(9-11(23-19(21-9)55(43,44)45)15(51(31,32)33)17(13)53(37,38)39)5-1-2-6(4-3-5)8-10-12(24-20(22-10)56(46,47)48)16(52(34,35)36)18(54(40,41)42)14(8)50(28,29)30;;/h1-4H,(H,21,23)(H,22,24)(H,25,26,27)(H,28,29,30)(H,31,32,33)(H,34,35,36)(H,37,38,39)(H,40,41,42)(H,43,44,45)(H,46,47,48);;/q;2*+1/p-2. The van der Waals surface area contributed by atoms with Crippen LogP contribution >= 0.6 is 0 Å². The van der Waals surface area contributed by atoms with Crippen molar-refractivity contribution in [1.82, 2.24) is 19.9 Å². The Hall–Kier alpha value is -2.12. The average molecular weight is 995 g/mol. The third-order valence-corrected chi connectivity index (χ3v) is 14.4. The summed E-state index contributed by atoms with van der Waals surface area (Å²) in [6, 6.07) is 1.78. The molecule has 0 fully saturated rings. The number of nitrogens with zero attached hydrogens (tertiary/aromatic N) is 2. The molecule has 0 saturated heterocycles. The summed E-state index contributed by atoms with van der Waals surface area (Å²) in [4.78, 5) is -4.15. The Morgan fingerprint density at radius 2 is 0.690 bits per heavy atom. The number of aromatic nitrogens is 4. The number of fused-ring (bicyclic) bond motifs is 2. The molecule has 3 aromatic carbocycles. The predicted octanol–water partition coefficient (Wildman–Crippen LogP) is -7.93. The molecule has 5 rings (SSSR count). The molecule has 2 heterocycles. The van der Waals surface area contributed by atoms with Crippen molar-refractivity contribution in [1.29, 1.82) is 0 Å². The second-order valence-electron chi connectivity index (χ2n) is 10.6. The topological polar surface area (TPSA) is 498 Å². The van der Waals surface area contributed by atoms with Crippen LogP contribution in [0.25, 0.3) is 44.3 Å². The van der Waals surface area contributed by atoms with Crippen molar-refractivity contribution < 1.29 is 163 Å². The molecule has 0 atom stereocenters. The van der Waals surface area contributed by atoms with Crippen LogP contribution in [0.2, 0.25) is 0 Å². The first-order chi connectivity index (χ1) is 24.9. The summed E-state index contributed by atoms with van der Waals surface area (Å²) in [5.41, 5.74) is -10.7. The summed E-state index contributed by atoms with van der Waals surface area (Å²) in [5.74, 6) is 0. The Morgan fingerprint density at radius 3 is 0.983 bits per heavy atom. The van der Waals surface area contributed by atoms with Crippen LogP contribution in [0.15, 0.2) is 64.0 Å². The number of hydrogen-bond donors (Lipinski definition) is 8. The molecule has 0 amide bonds. The first-order valence-electron chi connectivity index (χ1n) is 12.9. The van der Waals surface area contributed by atoms with Crippen LogP contribution in [-0.4, -0.2) is 124 Å². The molecule has 0 aliphatic rings. The van der Waals surface area contributed by atoms with Crippen LogP contribution in [-0.2, 0) is 80.9 Å². The van der Waals surface area contributed by atoms with Gasteiger partial charge < -0.3 is 19.1 Å². The zero-order chi connectivity index (χ0) is 42.9. The van der Waals surface area contributed by atoms with E-state index in [1.54, 1.807) is 4.98 Å². The number of rotatable bonds is 10. The molecule has 2 aromatic heterocycles. The van der Waals surface area contributed by atoms with Crippen molar-refractivity contribution in [3.05, 3.63) is 24.3 Å². The molecule has 0 spiro atoms. The number of nitrogens with one attached hydrogen (secondary N) is 2. The molecule has 0 bridgehead atoms. The van der Waals surface area contributed by atoms with E-state index in [-0.39, 0.29) is 59.1 Å². The molecular formula is C20H12N4Na2O24S8. The van der Waals surface area contributed by atoms with Crippen molar-refractivity contribution in [2.75, 3.05) is 0 Å². The number of hydrogen-bond acceptors (Lipinski definition) is 20. The minimum absolute atomic E-state index is 0. The van der Waals surface area contributed by atoms with Gasteiger partial charge in [-0.05, 0) is 11.1 Å². The second kappa shape index (κ2) is 15.3. The van der Waals surface area contributed by atoms with Crippen molar-refractivity contribution in [2.24, 2.45) is 0 Å². The van der Waals surface area contributed by atoms with Crippen molar-refractivity contribution >= 4 is 103 Å². The van der Waals surface area contributed by atoms with E-state index in [0.717, 1.165) is 0 Å². The smallest absolute Gasteiger partial charge is 0.744 e. The van der Waals surface area contributed by atoms with Gasteiger partial charge in [-0.1, -0.05) is 24.3 Å². The van der Waals surface area contributed by atoms with Gasteiger partial charge in [-0.2, -0.15) is 50.5 Å².